The molecule has 3 aliphatic rings. The van der Waals surface area contributed by atoms with Gasteiger partial charge in [0.15, 0.2) is 6.10 Å². The van der Waals surface area contributed by atoms with E-state index in [0.717, 1.165) is 39.3 Å². The Morgan fingerprint density at radius 3 is 2.32 bits per heavy atom. The SMILES string of the molecule is CC1(C)C(/C(O)=C2\C(=O)OC(CCCN3CCOCC3)C2=O)C1(C)C. The Labute approximate surface area is 149 Å². The van der Waals surface area contributed by atoms with Crippen LogP contribution in [0.4, 0.5) is 0 Å². The van der Waals surface area contributed by atoms with E-state index >= 15 is 0 Å². The van der Waals surface area contributed by atoms with Gasteiger partial charge in [0, 0.05) is 19.0 Å². The number of esters is 1. The molecule has 6 nitrogen and oxygen atoms in total. The van der Waals surface area contributed by atoms with E-state index < -0.39 is 12.1 Å². The number of carbonyl (C=O) groups is 2. The molecule has 0 amide bonds. The molecule has 2 saturated heterocycles. The highest BCUT2D eigenvalue weighted by Crippen LogP contribution is 2.71. The van der Waals surface area contributed by atoms with Gasteiger partial charge in [0.2, 0.25) is 5.78 Å². The summed E-state index contributed by atoms with van der Waals surface area (Å²) in [4.78, 5) is 27.1. The Kier molecular flexibility index (Phi) is 4.71. The molecule has 0 aromatic rings. The number of hydrogen-bond acceptors (Lipinski definition) is 6. The van der Waals surface area contributed by atoms with Gasteiger partial charge in [0.05, 0.1) is 13.2 Å². The first-order valence-corrected chi connectivity index (χ1v) is 9.16. The van der Waals surface area contributed by atoms with E-state index in [1.807, 2.05) is 27.7 Å². The lowest BCUT2D eigenvalue weighted by molar-refractivity contribution is -0.141. The topological polar surface area (TPSA) is 76.1 Å². The number of aliphatic hydroxyl groups excluding tert-OH is 1. The number of ketones is 1. The Bertz CT molecular complexity index is 587. The lowest BCUT2D eigenvalue weighted by atomic mass is 10.0. The number of ether oxygens (including phenoxy) is 2. The Morgan fingerprint density at radius 2 is 1.76 bits per heavy atom. The highest BCUT2D eigenvalue weighted by molar-refractivity contribution is 6.23. The third kappa shape index (κ3) is 3.10. The third-order valence-corrected chi connectivity index (χ3v) is 6.59. The molecule has 0 radical (unpaired) electrons. The van der Waals surface area contributed by atoms with Crippen molar-refractivity contribution in [1.29, 1.82) is 0 Å². The molecule has 1 atom stereocenters. The van der Waals surface area contributed by atoms with Gasteiger partial charge in [-0.05, 0) is 30.2 Å². The molecular formula is C19H29NO5. The normalized spacial score (nSPS) is 31.1. The fourth-order valence-corrected chi connectivity index (χ4v) is 4.27. The van der Waals surface area contributed by atoms with Gasteiger partial charge in [-0.15, -0.1) is 0 Å². The quantitative estimate of drug-likeness (QED) is 0.354. The lowest BCUT2D eigenvalue weighted by Crippen LogP contribution is -2.37. The van der Waals surface area contributed by atoms with E-state index in [1.54, 1.807) is 0 Å². The highest BCUT2D eigenvalue weighted by atomic mass is 16.6. The van der Waals surface area contributed by atoms with Crippen LogP contribution >= 0.6 is 0 Å². The molecule has 1 N–H and O–H groups in total. The van der Waals surface area contributed by atoms with Crippen LogP contribution in [0.25, 0.3) is 0 Å². The Hall–Kier alpha value is -1.40. The number of nitrogens with zero attached hydrogens (tertiary/aromatic N) is 1. The minimum Gasteiger partial charge on any atom is -0.511 e. The average molecular weight is 351 g/mol. The molecule has 3 fully saturated rings. The van der Waals surface area contributed by atoms with Crippen LogP contribution in [0, 0.1) is 16.7 Å². The molecule has 1 unspecified atom stereocenters. The molecular weight excluding hydrogens is 322 g/mol. The van der Waals surface area contributed by atoms with E-state index in [0.29, 0.717) is 6.42 Å². The summed E-state index contributed by atoms with van der Waals surface area (Å²) in [6.45, 7) is 12.3. The molecule has 0 aromatic carbocycles. The van der Waals surface area contributed by atoms with Crippen molar-refractivity contribution in [3.8, 4) is 0 Å². The van der Waals surface area contributed by atoms with Crippen LogP contribution in [0.5, 0.6) is 0 Å². The third-order valence-electron chi connectivity index (χ3n) is 6.59. The number of aliphatic hydroxyl groups is 1. The molecule has 140 valence electrons. The molecule has 1 aliphatic carbocycles. The van der Waals surface area contributed by atoms with Crippen molar-refractivity contribution >= 4 is 11.8 Å². The molecule has 2 heterocycles. The summed E-state index contributed by atoms with van der Waals surface area (Å²) in [5, 5.41) is 10.6. The van der Waals surface area contributed by atoms with Crippen molar-refractivity contribution in [1.82, 2.24) is 4.90 Å². The Morgan fingerprint density at radius 1 is 1.16 bits per heavy atom. The Balaban J connectivity index is 1.61. The van der Waals surface area contributed by atoms with Crippen molar-refractivity contribution < 1.29 is 24.2 Å². The van der Waals surface area contributed by atoms with E-state index in [-0.39, 0.29) is 33.9 Å². The molecule has 0 spiro atoms. The summed E-state index contributed by atoms with van der Waals surface area (Å²) in [6.07, 6.45) is 0.518. The first-order valence-electron chi connectivity index (χ1n) is 9.16. The van der Waals surface area contributed by atoms with E-state index in [4.69, 9.17) is 9.47 Å². The van der Waals surface area contributed by atoms with Crippen LogP contribution in [0.2, 0.25) is 0 Å². The number of Topliss-reactive ketones (excluding diaryl/α,β-unsaturated/α-hetero) is 1. The molecule has 1 saturated carbocycles. The fourth-order valence-electron chi connectivity index (χ4n) is 4.27. The van der Waals surface area contributed by atoms with Crippen LogP contribution < -0.4 is 0 Å². The van der Waals surface area contributed by atoms with Gasteiger partial charge in [0.1, 0.15) is 11.3 Å². The van der Waals surface area contributed by atoms with E-state index in [1.165, 1.54) is 0 Å². The van der Waals surface area contributed by atoms with Crippen molar-refractivity contribution in [2.45, 2.75) is 46.6 Å². The summed E-state index contributed by atoms with van der Waals surface area (Å²) in [6, 6.07) is 0. The largest absolute Gasteiger partial charge is 0.511 e. The van der Waals surface area contributed by atoms with Crippen LogP contribution in [-0.2, 0) is 19.1 Å². The second-order valence-electron chi connectivity index (χ2n) is 8.49. The van der Waals surface area contributed by atoms with Gasteiger partial charge in [-0.2, -0.15) is 0 Å². The maximum absolute atomic E-state index is 12.6. The number of carbonyl (C=O) groups excluding carboxylic acids is 2. The standard InChI is InChI=1S/C19H29NO5/c1-18(2)16(19(18,3)4)15(22)13-14(21)12(25-17(13)23)6-5-7-20-8-10-24-11-9-20/h12,16,22H,5-11H2,1-4H3/b15-13+. The summed E-state index contributed by atoms with van der Waals surface area (Å²) in [5.41, 5.74) is -0.405. The van der Waals surface area contributed by atoms with Gasteiger partial charge in [-0.1, -0.05) is 27.7 Å². The zero-order chi connectivity index (χ0) is 18.4. The van der Waals surface area contributed by atoms with Crippen molar-refractivity contribution in [3.05, 3.63) is 11.3 Å². The minimum absolute atomic E-state index is 0.0827. The number of morpholine rings is 1. The van der Waals surface area contributed by atoms with E-state index in [9.17, 15) is 14.7 Å². The van der Waals surface area contributed by atoms with Crippen LogP contribution in [0.15, 0.2) is 11.3 Å². The average Bonchev–Trinajstić information content (AvgIpc) is 2.79. The van der Waals surface area contributed by atoms with E-state index in [2.05, 4.69) is 4.90 Å². The lowest BCUT2D eigenvalue weighted by Gasteiger charge is -2.26. The number of allylic oxidation sites excluding steroid dienone is 1. The van der Waals surface area contributed by atoms with Gasteiger partial charge < -0.3 is 14.6 Å². The summed E-state index contributed by atoms with van der Waals surface area (Å²) in [5.74, 6) is -1.29. The predicted octanol–water partition coefficient (Wildman–Crippen LogP) is 2.09. The molecule has 25 heavy (non-hydrogen) atoms. The molecule has 0 aromatic heterocycles. The maximum Gasteiger partial charge on any atom is 0.346 e. The van der Waals surface area contributed by atoms with Crippen molar-refractivity contribution in [2.24, 2.45) is 16.7 Å². The molecule has 6 heteroatoms. The second kappa shape index (κ2) is 6.40. The van der Waals surface area contributed by atoms with Gasteiger partial charge in [-0.25, -0.2) is 4.79 Å². The van der Waals surface area contributed by atoms with Crippen molar-refractivity contribution in [2.75, 3.05) is 32.8 Å². The fraction of sp³-hybridized carbons (Fsp3) is 0.789. The minimum atomic E-state index is -0.754. The smallest absolute Gasteiger partial charge is 0.346 e. The molecule has 3 rings (SSSR count). The monoisotopic (exact) mass is 351 g/mol. The molecule has 0 bridgehead atoms. The summed E-state index contributed by atoms with van der Waals surface area (Å²) >= 11 is 0. The van der Waals surface area contributed by atoms with Gasteiger partial charge in [0.25, 0.3) is 0 Å². The highest BCUT2D eigenvalue weighted by Gasteiger charge is 2.68. The number of hydrogen-bond donors (Lipinski definition) is 1. The summed E-state index contributed by atoms with van der Waals surface area (Å²) < 4.78 is 10.6. The number of rotatable bonds is 5. The number of cyclic esters (lactones) is 1. The zero-order valence-corrected chi connectivity index (χ0v) is 15.6. The van der Waals surface area contributed by atoms with Gasteiger partial charge in [-0.3, -0.25) is 9.69 Å². The van der Waals surface area contributed by atoms with Crippen LogP contribution in [-0.4, -0.2) is 60.7 Å². The van der Waals surface area contributed by atoms with Crippen molar-refractivity contribution in [3.63, 3.8) is 0 Å². The predicted molar refractivity (Wildman–Crippen MR) is 92.1 cm³/mol. The molecule has 2 aliphatic heterocycles. The first-order chi connectivity index (χ1) is 11.7. The zero-order valence-electron chi connectivity index (χ0n) is 15.6. The maximum atomic E-state index is 12.6. The summed E-state index contributed by atoms with van der Waals surface area (Å²) in [7, 11) is 0. The first kappa shape index (κ1) is 18.4. The van der Waals surface area contributed by atoms with Gasteiger partial charge >= 0.3 is 5.97 Å². The van der Waals surface area contributed by atoms with Crippen LogP contribution in [0.1, 0.15) is 40.5 Å². The second-order valence-corrected chi connectivity index (χ2v) is 8.49. The van der Waals surface area contributed by atoms with Crippen LogP contribution in [0.3, 0.4) is 0 Å².